The maximum absolute atomic E-state index is 13.1. The van der Waals surface area contributed by atoms with Gasteiger partial charge in [-0.2, -0.15) is 0 Å². The van der Waals surface area contributed by atoms with E-state index in [1.165, 1.54) is 29.2 Å². The Labute approximate surface area is 201 Å². The fourth-order valence-electron chi connectivity index (χ4n) is 4.05. The van der Waals surface area contributed by atoms with Gasteiger partial charge >= 0.3 is 0 Å². The van der Waals surface area contributed by atoms with Gasteiger partial charge in [0.2, 0.25) is 17.7 Å². The third kappa shape index (κ3) is 7.48. The van der Waals surface area contributed by atoms with Crippen molar-refractivity contribution in [1.29, 1.82) is 0 Å². The number of amides is 3. The van der Waals surface area contributed by atoms with Gasteiger partial charge in [-0.15, -0.1) is 0 Å². The lowest BCUT2D eigenvalue weighted by Crippen LogP contribution is -2.45. The van der Waals surface area contributed by atoms with Crippen LogP contribution < -0.4 is 15.5 Å². The monoisotopic (exact) mass is 487 g/mol. The molecule has 9 heteroatoms. The summed E-state index contributed by atoms with van der Waals surface area (Å²) in [6.45, 7) is 3.60. The Hall–Kier alpha value is -3.07. The Kier molecular flexibility index (Phi) is 8.92. The highest BCUT2D eigenvalue weighted by Gasteiger charge is 2.25. The molecule has 0 bridgehead atoms. The van der Waals surface area contributed by atoms with E-state index in [0.29, 0.717) is 11.4 Å². The molecule has 0 aliphatic heterocycles. The van der Waals surface area contributed by atoms with Crippen LogP contribution in [-0.2, 0) is 25.2 Å². The molecule has 1 atom stereocenters. The van der Waals surface area contributed by atoms with Crippen LogP contribution >= 0.6 is 0 Å². The second-order valence-electron chi connectivity index (χ2n) is 8.60. The average molecular weight is 488 g/mol. The van der Waals surface area contributed by atoms with Crippen LogP contribution in [0, 0.1) is 19.7 Å². The molecule has 0 spiro atoms. The van der Waals surface area contributed by atoms with E-state index in [-0.39, 0.29) is 18.5 Å². The highest BCUT2D eigenvalue weighted by atomic mass is 32.2. The van der Waals surface area contributed by atoms with Crippen molar-refractivity contribution >= 4 is 39.9 Å². The van der Waals surface area contributed by atoms with E-state index in [0.717, 1.165) is 36.8 Å². The Morgan fingerprint density at radius 3 is 2.32 bits per heavy atom. The van der Waals surface area contributed by atoms with Crippen LogP contribution in [0.4, 0.5) is 15.8 Å². The fourth-order valence-corrected chi connectivity index (χ4v) is 4.94. The lowest BCUT2D eigenvalue weighted by Gasteiger charge is -2.25. The van der Waals surface area contributed by atoms with Crippen LogP contribution in [0.3, 0.4) is 0 Å². The molecule has 1 saturated carbocycles. The molecule has 34 heavy (non-hydrogen) atoms. The molecule has 0 radical (unpaired) electrons. The molecule has 2 N–H and O–H groups in total. The normalized spacial score (nSPS) is 14.4. The van der Waals surface area contributed by atoms with Gasteiger partial charge in [-0.05, 0) is 62.6 Å². The van der Waals surface area contributed by atoms with E-state index < -0.39 is 39.9 Å². The summed E-state index contributed by atoms with van der Waals surface area (Å²) in [5, 5.41) is 5.52. The molecule has 3 rings (SSSR count). The molecule has 3 amide bonds. The van der Waals surface area contributed by atoms with Crippen molar-refractivity contribution in [3.8, 4) is 0 Å². The van der Waals surface area contributed by atoms with Crippen molar-refractivity contribution < 1.29 is 23.0 Å². The Balaban J connectivity index is 1.65. The van der Waals surface area contributed by atoms with Crippen molar-refractivity contribution in [2.45, 2.75) is 45.6 Å². The number of benzene rings is 2. The second-order valence-corrected chi connectivity index (χ2v) is 10.1. The van der Waals surface area contributed by atoms with Gasteiger partial charge in [0, 0.05) is 28.2 Å². The van der Waals surface area contributed by atoms with Crippen LogP contribution in [0.15, 0.2) is 42.5 Å². The Bertz CT molecular complexity index is 1070. The van der Waals surface area contributed by atoms with Crippen molar-refractivity contribution in [1.82, 2.24) is 5.32 Å². The summed E-state index contributed by atoms with van der Waals surface area (Å²) in [4.78, 5) is 39.4. The van der Waals surface area contributed by atoms with Gasteiger partial charge in [0.1, 0.15) is 23.9 Å². The summed E-state index contributed by atoms with van der Waals surface area (Å²) >= 11 is 0. The van der Waals surface area contributed by atoms with E-state index in [9.17, 15) is 23.0 Å². The summed E-state index contributed by atoms with van der Waals surface area (Å²) in [5.41, 5.74) is 2.78. The Morgan fingerprint density at radius 1 is 1.00 bits per heavy atom. The maximum atomic E-state index is 13.1. The maximum Gasteiger partial charge on any atom is 0.240 e. The lowest BCUT2D eigenvalue weighted by molar-refractivity contribution is -0.123. The summed E-state index contributed by atoms with van der Waals surface area (Å²) in [5.74, 6) is -2.54. The standard InChI is InChI=1S/C25H30FN3O4S/c1-17-7-12-22(18(2)13-17)29(14-23(30)27-20-5-3-4-6-20)25(32)16-34(33)15-24(31)28-21-10-8-19(26)9-11-21/h7-13,20H,3-6,14-16H2,1-2H3,(H,27,30)(H,28,31)/t34-/m0/s1. The summed E-state index contributed by atoms with van der Waals surface area (Å²) in [7, 11) is -1.79. The molecule has 0 heterocycles. The molecule has 1 aliphatic rings. The largest absolute Gasteiger partial charge is 0.352 e. The van der Waals surface area contributed by atoms with Crippen molar-refractivity contribution in [3.63, 3.8) is 0 Å². The molecule has 2 aromatic carbocycles. The zero-order valence-electron chi connectivity index (χ0n) is 19.4. The third-order valence-electron chi connectivity index (χ3n) is 5.67. The third-order valence-corrected chi connectivity index (χ3v) is 6.82. The first kappa shape index (κ1) is 25.6. The topological polar surface area (TPSA) is 95.6 Å². The smallest absolute Gasteiger partial charge is 0.240 e. The molecule has 0 unspecified atom stereocenters. The zero-order chi connectivity index (χ0) is 24.7. The molecule has 182 valence electrons. The molecule has 7 nitrogen and oxygen atoms in total. The zero-order valence-corrected chi connectivity index (χ0v) is 20.3. The number of nitrogens with zero attached hydrogens (tertiary/aromatic N) is 1. The summed E-state index contributed by atoms with van der Waals surface area (Å²) in [6, 6.07) is 10.9. The first-order valence-corrected chi connectivity index (χ1v) is 12.8. The van der Waals surface area contributed by atoms with Crippen LogP contribution in [0.5, 0.6) is 0 Å². The van der Waals surface area contributed by atoms with E-state index in [1.807, 2.05) is 26.0 Å². The molecular weight excluding hydrogens is 457 g/mol. The van der Waals surface area contributed by atoms with Crippen molar-refractivity contribution in [2.24, 2.45) is 0 Å². The number of rotatable bonds is 9. The fraction of sp³-hybridized carbons (Fsp3) is 0.400. The number of nitrogens with one attached hydrogen (secondary N) is 2. The van der Waals surface area contributed by atoms with E-state index in [4.69, 9.17) is 0 Å². The lowest BCUT2D eigenvalue weighted by atomic mass is 10.1. The summed E-state index contributed by atoms with van der Waals surface area (Å²) in [6.07, 6.45) is 4.00. The molecule has 2 aromatic rings. The number of carbonyl (C=O) groups excluding carboxylic acids is 3. The summed E-state index contributed by atoms with van der Waals surface area (Å²) < 4.78 is 25.6. The minimum Gasteiger partial charge on any atom is -0.352 e. The van der Waals surface area contributed by atoms with Gasteiger partial charge < -0.3 is 15.5 Å². The predicted octanol–water partition coefficient (Wildman–Crippen LogP) is 3.22. The molecule has 1 aliphatic carbocycles. The first-order chi connectivity index (χ1) is 16.2. The first-order valence-electron chi connectivity index (χ1n) is 11.3. The van der Waals surface area contributed by atoms with Gasteiger partial charge in [-0.3, -0.25) is 18.6 Å². The predicted molar refractivity (Wildman–Crippen MR) is 132 cm³/mol. The van der Waals surface area contributed by atoms with Gasteiger partial charge in [0.15, 0.2) is 0 Å². The van der Waals surface area contributed by atoms with Gasteiger partial charge in [-0.25, -0.2) is 4.39 Å². The van der Waals surface area contributed by atoms with Gasteiger partial charge in [0.05, 0.1) is 0 Å². The van der Waals surface area contributed by atoms with Crippen molar-refractivity contribution in [2.75, 3.05) is 28.3 Å². The van der Waals surface area contributed by atoms with Gasteiger partial charge in [-0.1, -0.05) is 30.5 Å². The SMILES string of the molecule is Cc1ccc(N(CC(=O)NC2CCCC2)C(=O)C[S@@](=O)CC(=O)Nc2ccc(F)cc2)c(C)c1. The van der Waals surface area contributed by atoms with Crippen LogP contribution in [0.25, 0.3) is 0 Å². The minimum absolute atomic E-state index is 0.118. The molecule has 0 aromatic heterocycles. The number of halogens is 1. The number of hydrogen-bond acceptors (Lipinski definition) is 4. The average Bonchev–Trinajstić information content (AvgIpc) is 3.27. The second kappa shape index (κ2) is 11.9. The van der Waals surface area contributed by atoms with Crippen LogP contribution in [0.1, 0.15) is 36.8 Å². The highest BCUT2D eigenvalue weighted by Crippen LogP contribution is 2.22. The van der Waals surface area contributed by atoms with Gasteiger partial charge in [0.25, 0.3) is 0 Å². The van der Waals surface area contributed by atoms with Crippen molar-refractivity contribution in [3.05, 3.63) is 59.4 Å². The Morgan fingerprint density at radius 2 is 1.68 bits per heavy atom. The number of hydrogen-bond donors (Lipinski definition) is 2. The number of anilines is 2. The van der Waals surface area contributed by atoms with Crippen LogP contribution in [0.2, 0.25) is 0 Å². The number of carbonyl (C=O) groups is 3. The van der Waals surface area contributed by atoms with E-state index in [2.05, 4.69) is 10.6 Å². The van der Waals surface area contributed by atoms with E-state index >= 15 is 0 Å². The minimum atomic E-state index is -1.79. The van der Waals surface area contributed by atoms with Crippen LogP contribution in [-0.4, -0.2) is 46.0 Å². The molecular formula is C25H30FN3O4S. The quantitative estimate of drug-likeness (QED) is 0.568. The molecule has 0 saturated heterocycles. The van der Waals surface area contributed by atoms with E-state index in [1.54, 1.807) is 6.07 Å². The number of aryl methyl sites for hydroxylation is 2. The highest BCUT2D eigenvalue weighted by molar-refractivity contribution is 7.86. The molecule has 1 fully saturated rings.